The number of fused-ring (bicyclic) bond motifs is 1. The van der Waals surface area contributed by atoms with E-state index in [1.807, 2.05) is 42.5 Å². The first kappa shape index (κ1) is 18.1. The Morgan fingerprint density at radius 2 is 1.79 bits per heavy atom. The lowest BCUT2D eigenvalue weighted by atomic mass is 10.2. The van der Waals surface area contributed by atoms with Gasteiger partial charge in [0.25, 0.3) is 0 Å². The molecule has 7 heteroatoms. The van der Waals surface area contributed by atoms with Gasteiger partial charge in [-0.15, -0.1) is 0 Å². The summed E-state index contributed by atoms with van der Waals surface area (Å²) < 4.78 is 10.7. The lowest BCUT2D eigenvalue weighted by Gasteiger charge is -2.11. The fraction of sp³-hybridized carbons (Fsp3) is 0.143. The van der Waals surface area contributed by atoms with E-state index in [1.165, 1.54) is 5.56 Å². The van der Waals surface area contributed by atoms with Gasteiger partial charge in [-0.3, -0.25) is 0 Å². The quantitative estimate of drug-likeness (QED) is 0.558. The van der Waals surface area contributed by atoms with Crippen molar-refractivity contribution in [2.24, 2.45) is 0 Å². The van der Waals surface area contributed by atoms with Crippen LogP contribution in [-0.2, 0) is 6.54 Å². The van der Waals surface area contributed by atoms with Crippen molar-refractivity contribution in [3.8, 4) is 11.5 Å². The van der Waals surface area contributed by atoms with Crippen molar-refractivity contribution in [1.82, 2.24) is 10.3 Å². The van der Waals surface area contributed by atoms with E-state index in [9.17, 15) is 0 Å². The monoisotopic (exact) mass is 392 g/mol. The maximum atomic E-state index is 5.39. The number of hydrogen-bond acceptors (Lipinski definition) is 5. The number of rotatable bonds is 5. The van der Waals surface area contributed by atoms with Crippen molar-refractivity contribution in [2.45, 2.75) is 13.5 Å². The van der Waals surface area contributed by atoms with Gasteiger partial charge in [0.05, 0.1) is 11.9 Å². The van der Waals surface area contributed by atoms with Crippen molar-refractivity contribution in [3.63, 3.8) is 0 Å². The number of aromatic nitrogens is 1. The highest BCUT2D eigenvalue weighted by atomic mass is 32.1. The molecule has 0 bridgehead atoms. The van der Waals surface area contributed by atoms with Gasteiger partial charge in [-0.25, -0.2) is 4.98 Å². The third-order valence-corrected chi connectivity index (χ3v) is 4.48. The van der Waals surface area contributed by atoms with Crippen LogP contribution in [0.15, 0.2) is 60.8 Å². The molecule has 2 heterocycles. The summed E-state index contributed by atoms with van der Waals surface area (Å²) in [6.07, 6.45) is 1.74. The summed E-state index contributed by atoms with van der Waals surface area (Å²) in [6.45, 7) is 2.92. The molecule has 3 aromatic rings. The Bertz CT molecular complexity index is 975. The highest BCUT2D eigenvalue weighted by molar-refractivity contribution is 7.80. The van der Waals surface area contributed by atoms with Crippen LogP contribution in [-0.4, -0.2) is 16.9 Å². The number of anilines is 3. The molecule has 0 fully saturated rings. The summed E-state index contributed by atoms with van der Waals surface area (Å²) >= 11 is 5.36. The molecule has 2 aromatic carbocycles. The molecule has 0 atom stereocenters. The van der Waals surface area contributed by atoms with Gasteiger partial charge in [-0.2, -0.15) is 0 Å². The molecular formula is C21H20N4O2S. The molecular weight excluding hydrogens is 372 g/mol. The summed E-state index contributed by atoms with van der Waals surface area (Å²) in [5, 5.41) is 10.1. The SMILES string of the molecule is Cc1ccc(Nc2ccc(NC(=S)NCc3ccc4c(c3)OCO4)cn2)cc1. The van der Waals surface area contributed by atoms with E-state index in [0.29, 0.717) is 11.7 Å². The van der Waals surface area contributed by atoms with Gasteiger partial charge in [-0.05, 0) is 61.1 Å². The predicted molar refractivity (Wildman–Crippen MR) is 114 cm³/mol. The van der Waals surface area contributed by atoms with Gasteiger partial charge in [-0.1, -0.05) is 23.8 Å². The number of aryl methyl sites for hydroxylation is 1. The Hall–Kier alpha value is -3.32. The highest BCUT2D eigenvalue weighted by Gasteiger charge is 2.13. The van der Waals surface area contributed by atoms with Crippen LogP contribution in [0.25, 0.3) is 0 Å². The molecule has 1 aromatic heterocycles. The summed E-state index contributed by atoms with van der Waals surface area (Å²) in [6, 6.07) is 17.8. The fourth-order valence-corrected chi connectivity index (χ4v) is 2.93. The zero-order chi connectivity index (χ0) is 19.3. The molecule has 0 radical (unpaired) electrons. The number of ether oxygens (including phenoxy) is 2. The normalized spacial score (nSPS) is 11.8. The second kappa shape index (κ2) is 8.14. The molecule has 0 saturated carbocycles. The van der Waals surface area contributed by atoms with Crippen LogP contribution in [0.2, 0.25) is 0 Å². The summed E-state index contributed by atoms with van der Waals surface area (Å²) in [7, 11) is 0. The third kappa shape index (κ3) is 4.50. The first-order chi connectivity index (χ1) is 13.7. The van der Waals surface area contributed by atoms with Gasteiger partial charge >= 0.3 is 0 Å². The number of hydrogen-bond donors (Lipinski definition) is 3. The lowest BCUT2D eigenvalue weighted by molar-refractivity contribution is 0.174. The molecule has 0 aliphatic carbocycles. The molecule has 1 aliphatic heterocycles. The smallest absolute Gasteiger partial charge is 0.231 e. The third-order valence-electron chi connectivity index (χ3n) is 4.24. The minimum atomic E-state index is 0.272. The average molecular weight is 392 g/mol. The predicted octanol–water partition coefficient (Wildman–Crippen LogP) is 4.35. The number of nitrogens with one attached hydrogen (secondary N) is 3. The summed E-state index contributed by atoms with van der Waals surface area (Å²) in [5.41, 5.74) is 4.10. The number of benzene rings is 2. The first-order valence-corrected chi connectivity index (χ1v) is 9.30. The topological polar surface area (TPSA) is 67.4 Å². The van der Waals surface area contributed by atoms with Crippen LogP contribution in [0, 0.1) is 6.92 Å². The number of pyridine rings is 1. The lowest BCUT2D eigenvalue weighted by Crippen LogP contribution is -2.27. The van der Waals surface area contributed by atoms with E-state index >= 15 is 0 Å². The largest absolute Gasteiger partial charge is 0.454 e. The minimum Gasteiger partial charge on any atom is -0.454 e. The van der Waals surface area contributed by atoms with E-state index in [-0.39, 0.29) is 6.79 Å². The summed E-state index contributed by atoms with van der Waals surface area (Å²) in [4.78, 5) is 4.42. The standard InChI is InChI=1S/C21H20N4O2S/c1-14-2-5-16(6-3-14)24-20-9-7-17(12-22-20)25-21(28)23-11-15-4-8-18-19(10-15)27-13-26-18/h2-10,12H,11,13H2,1H3,(H,22,24)(H2,23,25,28). The van der Waals surface area contributed by atoms with Crippen LogP contribution >= 0.6 is 12.2 Å². The van der Waals surface area contributed by atoms with E-state index in [1.54, 1.807) is 6.20 Å². The molecule has 0 amide bonds. The van der Waals surface area contributed by atoms with Crippen molar-refractivity contribution in [3.05, 3.63) is 71.9 Å². The van der Waals surface area contributed by atoms with Crippen molar-refractivity contribution in [2.75, 3.05) is 17.4 Å². The van der Waals surface area contributed by atoms with Crippen LogP contribution < -0.4 is 25.4 Å². The van der Waals surface area contributed by atoms with Crippen LogP contribution in [0.1, 0.15) is 11.1 Å². The molecule has 6 nitrogen and oxygen atoms in total. The van der Waals surface area contributed by atoms with Gasteiger partial charge in [0.15, 0.2) is 16.6 Å². The molecule has 142 valence electrons. The second-order valence-electron chi connectivity index (χ2n) is 6.42. The Kier molecular flexibility index (Phi) is 5.25. The van der Waals surface area contributed by atoms with Gasteiger partial charge in [0, 0.05) is 12.2 Å². The van der Waals surface area contributed by atoms with Crippen LogP contribution in [0.5, 0.6) is 11.5 Å². The number of thiocarbonyl (C=S) groups is 1. The Morgan fingerprint density at radius 3 is 2.57 bits per heavy atom. The van der Waals surface area contributed by atoms with Crippen molar-refractivity contribution < 1.29 is 9.47 Å². The van der Waals surface area contributed by atoms with Crippen LogP contribution in [0.4, 0.5) is 17.2 Å². The molecule has 1 aliphatic rings. The van der Waals surface area contributed by atoms with E-state index in [2.05, 4.69) is 40.0 Å². The average Bonchev–Trinajstić information content (AvgIpc) is 3.17. The highest BCUT2D eigenvalue weighted by Crippen LogP contribution is 2.32. The molecule has 0 unspecified atom stereocenters. The Morgan fingerprint density at radius 1 is 1.00 bits per heavy atom. The Labute approximate surface area is 168 Å². The number of nitrogens with zero attached hydrogens (tertiary/aromatic N) is 1. The van der Waals surface area contributed by atoms with Crippen molar-refractivity contribution in [1.29, 1.82) is 0 Å². The van der Waals surface area contributed by atoms with E-state index in [0.717, 1.165) is 34.3 Å². The molecule has 0 spiro atoms. The van der Waals surface area contributed by atoms with E-state index < -0.39 is 0 Å². The zero-order valence-corrected chi connectivity index (χ0v) is 16.2. The molecule has 28 heavy (non-hydrogen) atoms. The van der Waals surface area contributed by atoms with Gasteiger partial charge in [0.2, 0.25) is 6.79 Å². The summed E-state index contributed by atoms with van der Waals surface area (Å²) in [5.74, 6) is 2.31. The van der Waals surface area contributed by atoms with Crippen molar-refractivity contribution >= 4 is 34.5 Å². The molecule has 0 saturated heterocycles. The first-order valence-electron chi connectivity index (χ1n) is 8.89. The zero-order valence-electron chi connectivity index (χ0n) is 15.4. The van der Waals surface area contributed by atoms with Gasteiger partial charge < -0.3 is 25.4 Å². The Balaban J connectivity index is 1.29. The van der Waals surface area contributed by atoms with E-state index in [4.69, 9.17) is 21.7 Å². The maximum Gasteiger partial charge on any atom is 0.231 e. The van der Waals surface area contributed by atoms with Gasteiger partial charge in [0.1, 0.15) is 5.82 Å². The van der Waals surface area contributed by atoms with Crippen LogP contribution in [0.3, 0.4) is 0 Å². The molecule has 3 N–H and O–H groups in total. The molecule has 4 rings (SSSR count). The maximum absolute atomic E-state index is 5.39. The fourth-order valence-electron chi connectivity index (χ4n) is 2.74. The minimum absolute atomic E-state index is 0.272. The second-order valence-corrected chi connectivity index (χ2v) is 6.83.